The van der Waals surface area contributed by atoms with Gasteiger partial charge in [0.2, 0.25) is 5.91 Å². The van der Waals surface area contributed by atoms with Gasteiger partial charge in [-0.25, -0.2) is 4.79 Å². The van der Waals surface area contributed by atoms with E-state index in [-0.39, 0.29) is 5.91 Å². The molecule has 0 aliphatic rings. The third kappa shape index (κ3) is 4.57. The SMILES string of the molecule is CCC(NC(=O)CCc1ccccc1)C(=O)OC. The number of nitrogens with one attached hydrogen (secondary N) is 1. The standard InChI is InChI=1S/C14H19NO3/c1-3-12(14(17)18-2)15-13(16)10-9-11-7-5-4-6-8-11/h4-8,12H,3,9-10H2,1-2H3,(H,15,16). The van der Waals surface area contributed by atoms with E-state index in [1.165, 1.54) is 7.11 Å². The second kappa shape index (κ2) is 7.48. The first-order chi connectivity index (χ1) is 8.67. The molecule has 1 aromatic carbocycles. The van der Waals surface area contributed by atoms with Gasteiger partial charge in [-0.2, -0.15) is 0 Å². The molecule has 1 rings (SSSR count). The molecule has 1 aromatic rings. The van der Waals surface area contributed by atoms with Crippen molar-refractivity contribution in [2.75, 3.05) is 7.11 Å². The van der Waals surface area contributed by atoms with Crippen molar-refractivity contribution in [2.24, 2.45) is 0 Å². The Morgan fingerprint density at radius 3 is 2.50 bits per heavy atom. The molecular weight excluding hydrogens is 230 g/mol. The molecule has 0 aromatic heterocycles. The van der Waals surface area contributed by atoms with Gasteiger partial charge in [0.05, 0.1) is 7.11 Å². The summed E-state index contributed by atoms with van der Waals surface area (Å²) in [7, 11) is 1.32. The number of rotatable bonds is 6. The molecule has 18 heavy (non-hydrogen) atoms. The van der Waals surface area contributed by atoms with Crippen molar-refractivity contribution in [3.05, 3.63) is 35.9 Å². The molecule has 1 amide bonds. The lowest BCUT2D eigenvalue weighted by Crippen LogP contribution is -2.41. The lowest BCUT2D eigenvalue weighted by molar-refractivity contribution is -0.145. The molecule has 0 saturated heterocycles. The highest BCUT2D eigenvalue weighted by molar-refractivity contribution is 5.84. The van der Waals surface area contributed by atoms with E-state index in [2.05, 4.69) is 10.1 Å². The fourth-order valence-electron chi connectivity index (χ4n) is 1.64. The zero-order valence-corrected chi connectivity index (χ0v) is 10.8. The number of hydrogen-bond acceptors (Lipinski definition) is 3. The maximum absolute atomic E-state index is 11.7. The molecule has 4 heteroatoms. The molecule has 0 aliphatic heterocycles. The average molecular weight is 249 g/mol. The van der Waals surface area contributed by atoms with Crippen molar-refractivity contribution in [1.82, 2.24) is 5.32 Å². The van der Waals surface area contributed by atoms with Crippen LogP contribution in [0, 0.1) is 0 Å². The number of aryl methyl sites for hydroxylation is 1. The van der Waals surface area contributed by atoms with Crippen LogP contribution in [0.15, 0.2) is 30.3 Å². The van der Waals surface area contributed by atoms with Crippen molar-refractivity contribution in [3.63, 3.8) is 0 Å². The summed E-state index contributed by atoms with van der Waals surface area (Å²) < 4.78 is 4.61. The molecule has 0 radical (unpaired) electrons. The quantitative estimate of drug-likeness (QED) is 0.780. The largest absolute Gasteiger partial charge is 0.467 e. The minimum absolute atomic E-state index is 0.129. The van der Waals surface area contributed by atoms with Gasteiger partial charge in [-0.15, -0.1) is 0 Å². The maximum Gasteiger partial charge on any atom is 0.328 e. The third-order valence-corrected chi connectivity index (χ3v) is 2.71. The van der Waals surface area contributed by atoms with Crippen molar-refractivity contribution in [2.45, 2.75) is 32.2 Å². The summed E-state index contributed by atoms with van der Waals surface area (Å²) in [6, 6.07) is 9.23. The predicted molar refractivity (Wildman–Crippen MR) is 69.0 cm³/mol. The smallest absolute Gasteiger partial charge is 0.328 e. The van der Waals surface area contributed by atoms with Gasteiger partial charge < -0.3 is 10.1 Å². The van der Waals surface area contributed by atoms with Crippen LogP contribution in [-0.4, -0.2) is 25.0 Å². The zero-order valence-electron chi connectivity index (χ0n) is 10.8. The summed E-state index contributed by atoms with van der Waals surface area (Å²) in [4.78, 5) is 23.0. The van der Waals surface area contributed by atoms with E-state index in [4.69, 9.17) is 0 Å². The first-order valence-corrected chi connectivity index (χ1v) is 6.08. The molecule has 0 heterocycles. The second-order valence-corrected chi connectivity index (χ2v) is 4.04. The Labute approximate surface area is 107 Å². The highest BCUT2D eigenvalue weighted by Gasteiger charge is 2.18. The summed E-state index contributed by atoms with van der Waals surface area (Å²) in [6.07, 6.45) is 1.57. The van der Waals surface area contributed by atoms with Crippen LogP contribution in [0.3, 0.4) is 0 Å². The minimum Gasteiger partial charge on any atom is -0.467 e. The van der Waals surface area contributed by atoms with E-state index in [0.29, 0.717) is 19.3 Å². The zero-order chi connectivity index (χ0) is 13.4. The molecule has 4 nitrogen and oxygen atoms in total. The minimum atomic E-state index is -0.543. The highest BCUT2D eigenvalue weighted by Crippen LogP contribution is 2.03. The molecule has 1 unspecified atom stereocenters. The van der Waals surface area contributed by atoms with Crippen LogP contribution >= 0.6 is 0 Å². The van der Waals surface area contributed by atoms with Crippen LogP contribution in [0.5, 0.6) is 0 Å². The number of hydrogen-bond donors (Lipinski definition) is 1. The van der Waals surface area contributed by atoms with Crippen LogP contribution in [0.25, 0.3) is 0 Å². The summed E-state index contributed by atoms with van der Waals surface area (Å²) >= 11 is 0. The third-order valence-electron chi connectivity index (χ3n) is 2.71. The van der Waals surface area contributed by atoms with Gasteiger partial charge in [-0.3, -0.25) is 4.79 Å². The van der Waals surface area contributed by atoms with Crippen LogP contribution in [0.2, 0.25) is 0 Å². The van der Waals surface area contributed by atoms with Crippen molar-refractivity contribution < 1.29 is 14.3 Å². The van der Waals surface area contributed by atoms with E-state index in [0.717, 1.165) is 5.56 Å². The number of carbonyl (C=O) groups is 2. The second-order valence-electron chi connectivity index (χ2n) is 4.04. The van der Waals surface area contributed by atoms with Gasteiger partial charge in [0.1, 0.15) is 6.04 Å². The Morgan fingerprint density at radius 2 is 1.94 bits per heavy atom. The summed E-state index contributed by atoms with van der Waals surface area (Å²) in [5, 5.41) is 2.67. The van der Waals surface area contributed by atoms with Crippen LogP contribution < -0.4 is 5.32 Å². The molecule has 0 fully saturated rings. The number of esters is 1. The van der Waals surface area contributed by atoms with E-state index < -0.39 is 12.0 Å². The van der Waals surface area contributed by atoms with Gasteiger partial charge in [0, 0.05) is 6.42 Å². The molecule has 0 aliphatic carbocycles. The maximum atomic E-state index is 11.7. The molecule has 98 valence electrons. The molecular formula is C14H19NO3. The number of amides is 1. The Morgan fingerprint density at radius 1 is 1.28 bits per heavy atom. The van der Waals surface area contributed by atoms with Crippen molar-refractivity contribution in [3.8, 4) is 0 Å². The summed E-state index contributed by atoms with van der Waals surface area (Å²) in [6.45, 7) is 1.83. The van der Waals surface area contributed by atoms with E-state index in [1.54, 1.807) is 0 Å². The van der Waals surface area contributed by atoms with Crippen LogP contribution in [0.1, 0.15) is 25.3 Å². The average Bonchev–Trinajstić information content (AvgIpc) is 2.42. The number of methoxy groups -OCH3 is 1. The number of carbonyl (C=O) groups excluding carboxylic acids is 2. The fourth-order valence-corrected chi connectivity index (χ4v) is 1.64. The van der Waals surface area contributed by atoms with Crippen molar-refractivity contribution in [1.29, 1.82) is 0 Å². The topological polar surface area (TPSA) is 55.4 Å². The molecule has 1 atom stereocenters. The van der Waals surface area contributed by atoms with E-state index in [9.17, 15) is 9.59 Å². The van der Waals surface area contributed by atoms with Gasteiger partial charge in [0.25, 0.3) is 0 Å². The van der Waals surface area contributed by atoms with Crippen LogP contribution in [-0.2, 0) is 20.7 Å². The fraction of sp³-hybridized carbons (Fsp3) is 0.429. The summed E-state index contributed by atoms with van der Waals surface area (Å²) in [5.74, 6) is -0.526. The Bertz CT molecular complexity index is 389. The van der Waals surface area contributed by atoms with Crippen molar-refractivity contribution >= 4 is 11.9 Å². The first-order valence-electron chi connectivity index (χ1n) is 6.08. The number of benzene rings is 1. The van der Waals surface area contributed by atoms with E-state index in [1.807, 2.05) is 37.3 Å². The lowest BCUT2D eigenvalue weighted by atomic mass is 10.1. The Balaban J connectivity index is 2.39. The van der Waals surface area contributed by atoms with Gasteiger partial charge >= 0.3 is 5.97 Å². The monoisotopic (exact) mass is 249 g/mol. The highest BCUT2D eigenvalue weighted by atomic mass is 16.5. The first kappa shape index (κ1) is 14.2. The normalized spacial score (nSPS) is 11.7. The van der Waals surface area contributed by atoms with E-state index >= 15 is 0 Å². The number of ether oxygens (including phenoxy) is 1. The summed E-state index contributed by atoms with van der Waals surface area (Å²) in [5.41, 5.74) is 1.11. The van der Waals surface area contributed by atoms with Gasteiger partial charge in [-0.1, -0.05) is 37.3 Å². The lowest BCUT2D eigenvalue weighted by Gasteiger charge is -2.14. The van der Waals surface area contributed by atoms with Crippen LogP contribution in [0.4, 0.5) is 0 Å². The predicted octanol–water partition coefficient (Wildman–Crippen LogP) is 1.69. The Hall–Kier alpha value is -1.84. The molecule has 0 spiro atoms. The molecule has 0 saturated carbocycles. The van der Waals surface area contributed by atoms with Gasteiger partial charge in [0.15, 0.2) is 0 Å². The molecule has 0 bridgehead atoms. The van der Waals surface area contributed by atoms with Gasteiger partial charge in [-0.05, 0) is 18.4 Å². The Kier molecular flexibility index (Phi) is 5.91. The molecule has 1 N–H and O–H groups in total.